The maximum atomic E-state index is 11.9. The van der Waals surface area contributed by atoms with Crippen molar-refractivity contribution in [2.24, 2.45) is 5.73 Å². The van der Waals surface area contributed by atoms with E-state index >= 15 is 0 Å². The summed E-state index contributed by atoms with van der Waals surface area (Å²) < 4.78 is 0. The van der Waals surface area contributed by atoms with Gasteiger partial charge in [-0.25, -0.2) is 0 Å². The minimum absolute atomic E-state index is 0.0387. The van der Waals surface area contributed by atoms with Crippen LogP contribution in [0.4, 0.5) is 5.69 Å². The number of aryl methyl sites for hydroxylation is 2. The van der Waals surface area contributed by atoms with Gasteiger partial charge in [-0.15, -0.1) is 0 Å². The first kappa shape index (κ1) is 14.3. The number of rotatable bonds is 5. The normalized spacial score (nSPS) is 10.3. The lowest BCUT2D eigenvalue weighted by molar-refractivity contribution is -0.116. The molecule has 0 spiro atoms. The average molecular weight is 268 g/mol. The molecule has 2 rings (SSSR count). The highest BCUT2D eigenvalue weighted by Gasteiger charge is 2.03. The predicted octanol–water partition coefficient (Wildman–Crippen LogP) is 3.03. The monoisotopic (exact) mass is 268 g/mol. The molecule has 3 N–H and O–H groups in total. The molecule has 3 heteroatoms. The molecule has 0 aliphatic heterocycles. The van der Waals surface area contributed by atoms with Crippen molar-refractivity contribution in [2.45, 2.75) is 26.3 Å². The van der Waals surface area contributed by atoms with Gasteiger partial charge in [-0.2, -0.15) is 0 Å². The molecule has 0 aliphatic carbocycles. The molecule has 0 fully saturated rings. The molecule has 0 radical (unpaired) electrons. The van der Waals surface area contributed by atoms with E-state index in [-0.39, 0.29) is 5.91 Å². The van der Waals surface area contributed by atoms with E-state index in [0.29, 0.717) is 13.0 Å². The maximum Gasteiger partial charge on any atom is 0.224 e. The third-order valence-corrected chi connectivity index (χ3v) is 3.23. The first-order valence-corrected chi connectivity index (χ1v) is 6.82. The Kier molecular flexibility index (Phi) is 4.91. The molecule has 0 bridgehead atoms. The second kappa shape index (κ2) is 6.87. The van der Waals surface area contributed by atoms with Crippen LogP contribution in [0.3, 0.4) is 0 Å². The van der Waals surface area contributed by atoms with Crippen molar-refractivity contribution in [3.63, 3.8) is 0 Å². The predicted molar refractivity (Wildman–Crippen MR) is 82.5 cm³/mol. The van der Waals surface area contributed by atoms with E-state index in [1.165, 1.54) is 5.56 Å². The summed E-state index contributed by atoms with van der Waals surface area (Å²) in [5, 5.41) is 2.90. The lowest BCUT2D eigenvalue weighted by Crippen LogP contribution is -2.12. The SMILES string of the molecule is Cc1ccc(NC(=O)CCc2ccc(CN)cc2)cc1. The summed E-state index contributed by atoms with van der Waals surface area (Å²) in [6.07, 6.45) is 1.22. The van der Waals surface area contributed by atoms with Crippen LogP contribution in [0, 0.1) is 6.92 Å². The summed E-state index contributed by atoms with van der Waals surface area (Å²) in [7, 11) is 0. The fraction of sp³-hybridized carbons (Fsp3) is 0.235. The molecule has 2 aromatic rings. The Hall–Kier alpha value is -2.13. The Morgan fingerprint density at radius 2 is 1.60 bits per heavy atom. The van der Waals surface area contributed by atoms with Gasteiger partial charge < -0.3 is 11.1 Å². The summed E-state index contributed by atoms with van der Waals surface area (Å²) in [5.74, 6) is 0.0387. The van der Waals surface area contributed by atoms with Gasteiger partial charge in [-0.05, 0) is 36.6 Å². The molecule has 1 amide bonds. The standard InChI is InChI=1S/C17H20N2O/c1-13-2-9-16(10-3-13)19-17(20)11-8-14-4-6-15(12-18)7-5-14/h2-7,9-10H,8,11-12,18H2,1H3,(H,19,20). The molecule has 0 unspecified atom stereocenters. The number of carbonyl (C=O) groups is 1. The lowest BCUT2D eigenvalue weighted by Gasteiger charge is -2.06. The zero-order valence-corrected chi connectivity index (χ0v) is 11.7. The first-order chi connectivity index (χ1) is 9.67. The van der Waals surface area contributed by atoms with Crippen LogP contribution in [0.1, 0.15) is 23.1 Å². The maximum absolute atomic E-state index is 11.9. The minimum Gasteiger partial charge on any atom is -0.326 e. The second-order valence-electron chi connectivity index (χ2n) is 4.93. The van der Waals surface area contributed by atoms with Crippen molar-refractivity contribution in [3.05, 3.63) is 65.2 Å². The molecular weight excluding hydrogens is 248 g/mol. The number of hydrogen-bond acceptors (Lipinski definition) is 2. The quantitative estimate of drug-likeness (QED) is 0.875. The van der Waals surface area contributed by atoms with E-state index in [1.54, 1.807) is 0 Å². The Morgan fingerprint density at radius 3 is 2.20 bits per heavy atom. The van der Waals surface area contributed by atoms with Gasteiger partial charge in [-0.3, -0.25) is 4.79 Å². The van der Waals surface area contributed by atoms with E-state index in [4.69, 9.17) is 5.73 Å². The van der Waals surface area contributed by atoms with Crippen LogP contribution < -0.4 is 11.1 Å². The molecule has 3 nitrogen and oxygen atoms in total. The van der Waals surface area contributed by atoms with Gasteiger partial charge in [-0.1, -0.05) is 42.0 Å². The molecule has 0 heterocycles. The summed E-state index contributed by atoms with van der Waals surface area (Å²) >= 11 is 0. The van der Waals surface area contributed by atoms with E-state index in [0.717, 1.165) is 23.2 Å². The highest BCUT2D eigenvalue weighted by atomic mass is 16.1. The number of amides is 1. The van der Waals surface area contributed by atoms with Gasteiger partial charge in [0.05, 0.1) is 0 Å². The van der Waals surface area contributed by atoms with Crippen LogP contribution in [-0.4, -0.2) is 5.91 Å². The molecular formula is C17H20N2O. The smallest absolute Gasteiger partial charge is 0.224 e. The van der Waals surface area contributed by atoms with Crippen molar-refractivity contribution in [2.75, 3.05) is 5.32 Å². The summed E-state index contributed by atoms with van der Waals surface area (Å²) in [4.78, 5) is 11.9. The number of benzene rings is 2. The van der Waals surface area contributed by atoms with Gasteiger partial charge in [0.15, 0.2) is 0 Å². The van der Waals surface area contributed by atoms with Crippen LogP contribution in [0.15, 0.2) is 48.5 Å². The Balaban J connectivity index is 1.83. The number of nitrogens with one attached hydrogen (secondary N) is 1. The van der Waals surface area contributed by atoms with E-state index in [1.807, 2.05) is 55.5 Å². The first-order valence-electron chi connectivity index (χ1n) is 6.82. The van der Waals surface area contributed by atoms with Gasteiger partial charge in [0.25, 0.3) is 0 Å². The number of anilines is 1. The fourth-order valence-corrected chi connectivity index (χ4v) is 1.96. The van der Waals surface area contributed by atoms with Crippen LogP contribution in [0.5, 0.6) is 0 Å². The number of nitrogens with two attached hydrogens (primary N) is 1. The van der Waals surface area contributed by atoms with Crippen molar-refractivity contribution in [3.8, 4) is 0 Å². The van der Waals surface area contributed by atoms with Gasteiger partial charge in [0.1, 0.15) is 0 Å². The topological polar surface area (TPSA) is 55.1 Å². The molecule has 0 saturated carbocycles. The number of carbonyl (C=O) groups excluding carboxylic acids is 1. The third-order valence-electron chi connectivity index (χ3n) is 3.23. The van der Waals surface area contributed by atoms with Crippen LogP contribution >= 0.6 is 0 Å². The highest BCUT2D eigenvalue weighted by Crippen LogP contribution is 2.10. The third kappa shape index (κ3) is 4.21. The molecule has 0 aromatic heterocycles. The second-order valence-corrected chi connectivity index (χ2v) is 4.93. The van der Waals surface area contributed by atoms with Crippen LogP contribution in [0.2, 0.25) is 0 Å². The zero-order valence-electron chi connectivity index (χ0n) is 11.7. The summed E-state index contributed by atoms with van der Waals surface area (Å²) in [6, 6.07) is 15.9. The van der Waals surface area contributed by atoms with Gasteiger partial charge in [0.2, 0.25) is 5.91 Å². The molecule has 0 saturated heterocycles. The zero-order chi connectivity index (χ0) is 14.4. The molecule has 2 aromatic carbocycles. The van der Waals surface area contributed by atoms with Crippen molar-refractivity contribution in [1.82, 2.24) is 0 Å². The Labute approximate surface area is 119 Å². The van der Waals surface area contributed by atoms with E-state index in [9.17, 15) is 4.79 Å². The fourth-order valence-electron chi connectivity index (χ4n) is 1.96. The van der Waals surface area contributed by atoms with Crippen LogP contribution in [0.25, 0.3) is 0 Å². The van der Waals surface area contributed by atoms with Crippen LogP contribution in [-0.2, 0) is 17.8 Å². The van der Waals surface area contributed by atoms with E-state index in [2.05, 4.69) is 5.32 Å². The van der Waals surface area contributed by atoms with E-state index < -0.39 is 0 Å². The molecule has 20 heavy (non-hydrogen) atoms. The summed E-state index contributed by atoms with van der Waals surface area (Å²) in [5.41, 5.74) is 9.85. The summed E-state index contributed by atoms with van der Waals surface area (Å²) in [6.45, 7) is 2.57. The largest absolute Gasteiger partial charge is 0.326 e. The van der Waals surface area contributed by atoms with Crippen molar-refractivity contribution in [1.29, 1.82) is 0 Å². The average Bonchev–Trinajstić information content (AvgIpc) is 2.48. The van der Waals surface area contributed by atoms with Gasteiger partial charge >= 0.3 is 0 Å². The molecule has 0 aliphatic rings. The van der Waals surface area contributed by atoms with Gasteiger partial charge in [0, 0.05) is 18.7 Å². The number of hydrogen-bond donors (Lipinski definition) is 2. The lowest BCUT2D eigenvalue weighted by atomic mass is 10.1. The Bertz CT molecular complexity index is 559. The van der Waals surface area contributed by atoms with Crippen molar-refractivity contribution >= 4 is 11.6 Å². The minimum atomic E-state index is 0.0387. The highest BCUT2D eigenvalue weighted by molar-refractivity contribution is 5.90. The Morgan fingerprint density at radius 1 is 1.00 bits per heavy atom. The molecule has 0 atom stereocenters. The van der Waals surface area contributed by atoms with Crippen molar-refractivity contribution < 1.29 is 4.79 Å². The molecule has 104 valence electrons.